The van der Waals surface area contributed by atoms with E-state index < -0.39 is 29.1 Å². The molecule has 0 aliphatic rings. The average Bonchev–Trinajstić information content (AvgIpc) is 1.50. The van der Waals surface area contributed by atoms with Crippen molar-refractivity contribution in [1.29, 1.82) is 0 Å². The quantitative estimate of drug-likeness (QED) is 0.330. The molecule has 0 unspecified atom stereocenters. The third-order valence-electron chi connectivity index (χ3n) is 0. The van der Waals surface area contributed by atoms with Crippen LogP contribution in [0.5, 0.6) is 0 Å². The van der Waals surface area contributed by atoms with E-state index in [0.717, 1.165) is 0 Å². The van der Waals surface area contributed by atoms with Crippen LogP contribution in [0.2, 0.25) is 0 Å². The summed E-state index contributed by atoms with van der Waals surface area (Å²) in [4.78, 5) is 16.9. The second-order valence-corrected chi connectivity index (χ2v) is 3.87. The second kappa shape index (κ2) is 22.2. The van der Waals surface area contributed by atoms with Gasteiger partial charge in [0.2, 0.25) is 12.3 Å². The van der Waals surface area contributed by atoms with Gasteiger partial charge in [0, 0.05) is 0 Å². The topological polar surface area (TPSA) is 201 Å². The molecule has 0 aliphatic heterocycles. The van der Waals surface area contributed by atoms with Gasteiger partial charge in [0.1, 0.15) is 0 Å². The molecule has 0 aromatic carbocycles. The van der Waals surface area contributed by atoms with Crippen molar-refractivity contribution in [2.75, 3.05) is 0 Å². The summed E-state index contributed by atoms with van der Waals surface area (Å²) in [7, 11) is 0. The SMILES string of the molecule is O=C([O-])O.O=C([O-])O.[Ca+2].[Na+].[Na+].[O]=[W](=[O])([O-])[O-]. The zero-order chi connectivity index (χ0) is 11.7. The van der Waals surface area contributed by atoms with Crippen LogP contribution in [0.15, 0.2) is 0 Å². The maximum atomic E-state index is 8.65. The first-order chi connectivity index (χ1) is 5.46. The van der Waals surface area contributed by atoms with Gasteiger partial charge in [-0.2, -0.15) is 0 Å². The number of rotatable bonds is 0. The Morgan fingerprint density at radius 3 is 0.875 bits per heavy atom. The van der Waals surface area contributed by atoms with Crippen molar-refractivity contribution >= 4 is 50.0 Å². The Balaban J connectivity index is -0.0000000216. The van der Waals surface area contributed by atoms with Gasteiger partial charge in [-0.25, -0.2) is 0 Å². The minimum atomic E-state index is -6.17. The average molecular weight is 456 g/mol. The fourth-order valence-electron chi connectivity index (χ4n) is 0. The molecule has 14 heteroatoms. The van der Waals surface area contributed by atoms with Crippen LogP contribution in [-0.2, 0) is 23.5 Å². The molecule has 0 aliphatic carbocycles. The molecular weight excluding hydrogens is 454 g/mol. The Kier molecular flexibility index (Phi) is 50.2. The summed E-state index contributed by atoms with van der Waals surface area (Å²) in [6, 6.07) is 0. The van der Waals surface area contributed by atoms with E-state index >= 15 is 0 Å². The van der Waals surface area contributed by atoms with Gasteiger partial charge in [0.15, 0.2) is 0 Å². The molecule has 0 bridgehead atoms. The molecule has 0 rings (SSSR count). The van der Waals surface area contributed by atoms with E-state index in [4.69, 9.17) is 44.3 Å². The molecular formula is C2H2CaNa2O10W. The Morgan fingerprint density at radius 1 is 0.875 bits per heavy atom. The van der Waals surface area contributed by atoms with Gasteiger partial charge < -0.3 is 30.0 Å². The van der Waals surface area contributed by atoms with Crippen molar-refractivity contribution in [1.82, 2.24) is 0 Å². The summed E-state index contributed by atoms with van der Waals surface area (Å²) in [5, 5.41) is 30.6. The van der Waals surface area contributed by atoms with E-state index in [1.807, 2.05) is 0 Å². The summed E-state index contributed by atoms with van der Waals surface area (Å²) in [6.07, 6.45) is -4.17. The van der Waals surface area contributed by atoms with Crippen LogP contribution in [0.3, 0.4) is 0 Å². The third-order valence-corrected chi connectivity index (χ3v) is 0. The van der Waals surface area contributed by atoms with Gasteiger partial charge in [0.05, 0.1) is 0 Å². The summed E-state index contributed by atoms with van der Waals surface area (Å²) < 4.78 is 34.6. The second-order valence-electron chi connectivity index (χ2n) is 0.940. The first-order valence-electron chi connectivity index (χ1n) is 1.93. The van der Waals surface area contributed by atoms with Crippen molar-refractivity contribution in [2.24, 2.45) is 0 Å². The van der Waals surface area contributed by atoms with Gasteiger partial charge >= 0.3 is 128 Å². The molecule has 0 radical (unpaired) electrons. The Bertz CT molecular complexity index is 222. The maximum absolute atomic E-state index is 8.65. The number of carbonyl (C=O) groups is 2. The molecule has 0 saturated carbocycles. The molecule has 0 atom stereocenters. The zero-order valence-corrected chi connectivity index (χ0v) is 17.4. The standard InChI is InChI=1S/2CH2O3.Ca.2Na.4O.W/c2*2-1(3)4;;;;;;;;/h2*(H2,2,3,4);;;;;;;;/q;;+2;2*+1;;;2*-1;/p-2. The van der Waals surface area contributed by atoms with Crippen LogP contribution in [0.4, 0.5) is 9.59 Å². The van der Waals surface area contributed by atoms with Crippen LogP contribution in [0.1, 0.15) is 0 Å². The van der Waals surface area contributed by atoms with Crippen LogP contribution in [0.25, 0.3) is 0 Å². The summed E-state index contributed by atoms with van der Waals surface area (Å²) in [6.45, 7) is 0. The Hall–Kier alpha value is 2.01. The molecule has 0 heterocycles. The van der Waals surface area contributed by atoms with Crippen LogP contribution >= 0.6 is 0 Å². The van der Waals surface area contributed by atoms with E-state index in [1.165, 1.54) is 0 Å². The van der Waals surface area contributed by atoms with Gasteiger partial charge in [-0.1, -0.05) is 0 Å². The van der Waals surface area contributed by atoms with Gasteiger partial charge in [-0.05, 0) is 0 Å². The van der Waals surface area contributed by atoms with Crippen LogP contribution < -0.4 is 76.8 Å². The van der Waals surface area contributed by atoms with E-state index in [0.29, 0.717) is 0 Å². The monoisotopic (exact) mass is 456 g/mol. The Labute approximate surface area is 167 Å². The van der Waals surface area contributed by atoms with Gasteiger partial charge in [-0.3, -0.25) is 0 Å². The molecule has 0 amide bonds. The molecule has 0 aromatic rings. The predicted octanol–water partition coefficient (Wildman–Crippen LogP) is -11.2. The van der Waals surface area contributed by atoms with E-state index in [2.05, 4.69) is 0 Å². The van der Waals surface area contributed by atoms with Gasteiger partial charge in [0.25, 0.3) is 0 Å². The van der Waals surface area contributed by atoms with Crippen molar-refractivity contribution in [3.05, 3.63) is 0 Å². The molecule has 16 heavy (non-hydrogen) atoms. The number of hydrogen-bond acceptors (Lipinski definition) is 8. The molecule has 0 saturated heterocycles. The van der Waals surface area contributed by atoms with Gasteiger partial charge in [-0.15, -0.1) is 0 Å². The molecule has 0 spiro atoms. The van der Waals surface area contributed by atoms with E-state index in [9.17, 15) is 0 Å². The molecule has 80 valence electrons. The van der Waals surface area contributed by atoms with Crippen molar-refractivity contribution < 1.29 is 120 Å². The number of hydrogen-bond donors (Lipinski definition) is 2. The summed E-state index contributed by atoms with van der Waals surface area (Å²) in [5.74, 6) is 0. The minimum absolute atomic E-state index is 0. The van der Waals surface area contributed by atoms with Crippen molar-refractivity contribution in [2.45, 2.75) is 0 Å². The summed E-state index contributed by atoms with van der Waals surface area (Å²) >= 11 is -6.17. The summed E-state index contributed by atoms with van der Waals surface area (Å²) in [5.41, 5.74) is 0. The van der Waals surface area contributed by atoms with E-state index in [1.54, 1.807) is 0 Å². The van der Waals surface area contributed by atoms with Crippen LogP contribution in [-0.4, -0.2) is 60.3 Å². The van der Waals surface area contributed by atoms with Crippen molar-refractivity contribution in [3.8, 4) is 0 Å². The van der Waals surface area contributed by atoms with Crippen LogP contribution in [0, 0.1) is 0 Å². The fourth-order valence-corrected chi connectivity index (χ4v) is 0. The number of carboxylic acid groups (broad SMARTS) is 4. The Morgan fingerprint density at radius 2 is 0.875 bits per heavy atom. The molecule has 0 aromatic heterocycles. The first kappa shape index (κ1) is 36.1. The third kappa shape index (κ3) is 894. The fraction of sp³-hybridized carbons (Fsp3) is 0. The first-order valence-corrected chi connectivity index (χ1v) is 6.72. The molecule has 0 fully saturated rings. The molecule has 2 N–H and O–H groups in total. The predicted molar refractivity (Wildman–Crippen MR) is 23.2 cm³/mol. The molecule has 10 nitrogen and oxygen atoms in total. The van der Waals surface area contributed by atoms with Crippen molar-refractivity contribution in [3.63, 3.8) is 0 Å². The normalized spacial score (nSPS) is 6.62. The van der Waals surface area contributed by atoms with E-state index in [-0.39, 0.29) is 96.9 Å². The zero-order valence-electron chi connectivity index (χ0n) is 8.28.